The van der Waals surface area contributed by atoms with Gasteiger partial charge in [-0.15, -0.1) is 0 Å². The van der Waals surface area contributed by atoms with Gasteiger partial charge in [0.15, 0.2) is 5.92 Å². The molecule has 1 N–H and O–H groups in total. The molecule has 0 heterocycles. The molecule has 0 aromatic heterocycles. The number of nitrogens with zero attached hydrogens (tertiary/aromatic N) is 2. The summed E-state index contributed by atoms with van der Waals surface area (Å²) in [7, 11) is 3.10. The Hall–Kier alpha value is -3.33. The van der Waals surface area contributed by atoms with Crippen LogP contribution in [0, 0.1) is 11.3 Å². The van der Waals surface area contributed by atoms with Crippen molar-refractivity contribution in [3.05, 3.63) is 59.7 Å². The average Bonchev–Trinajstić information content (AvgIpc) is 2.63. The molecule has 6 nitrogen and oxygen atoms in total. The van der Waals surface area contributed by atoms with E-state index < -0.39 is 11.8 Å². The predicted molar refractivity (Wildman–Crippen MR) is 90.1 cm³/mol. The Balaban J connectivity index is 2.11. The molecule has 1 atom stereocenters. The molecule has 2 aromatic carbocycles. The third kappa shape index (κ3) is 4.11. The summed E-state index contributed by atoms with van der Waals surface area (Å²) in [5.74, 6) is -0.186. The summed E-state index contributed by atoms with van der Waals surface area (Å²) in [5.41, 5.74) is 3.64. The number of hydrogen-bond donors (Lipinski definition) is 1. The highest BCUT2D eigenvalue weighted by Crippen LogP contribution is 2.22. The third-order valence-corrected chi connectivity index (χ3v) is 3.34. The van der Waals surface area contributed by atoms with Gasteiger partial charge in [-0.05, 0) is 23.8 Å². The topological polar surface area (TPSA) is 83.7 Å². The number of nitriles is 1. The molecular weight excluding hydrogens is 306 g/mol. The van der Waals surface area contributed by atoms with Gasteiger partial charge in [0.2, 0.25) is 0 Å². The van der Waals surface area contributed by atoms with E-state index in [0.29, 0.717) is 22.6 Å². The quantitative estimate of drug-likeness (QED) is 0.654. The largest absolute Gasteiger partial charge is 0.497 e. The second-order valence-corrected chi connectivity index (χ2v) is 4.81. The zero-order valence-corrected chi connectivity index (χ0v) is 13.4. The molecule has 2 rings (SSSR count). The minimum Gasteiger partial charge on any atom is -0.497 e. The number of benzene rings is 2. The van der Waals surface area contributed by atoms with E-state index in [1.54, 1.807) is 56.7 Å². The van der Waals surface area contributed by atoms with Crippen LogP contribution in [-0.4, -0.2) is 26.3 Å². The number of methoxy groups -OCH3 is 2. The first-order valence-corrected chi connectivity index (χ1v) is 7.19. The van der Waals surface area contributed by atoms with E-state index in [1.807, 2.05) is 12.1 Å². The van der Waals surface area contributed by atoms with E-state index in [4.69, 9.17) is 9.47 Å². The summed E-state index contributed by atoms with van der Waals surface area (Å²) in [4.78, 5) is 12.1. The van der Waals surface area contributed by atoms with Crippen molar-refractivity contribution in [2.75, 3.05) is 14.2 Å². The first-order chi connectivity index (χ1) is 11.7. The Morgan fingerprint density at radius 3 is 2.58 bits per heavy atom. The monoisotopic (exact) mass is 323 g/mol. The van der Waals surface area contributed by atoms with Crippen LogP contribution in [0.1, 0.15) is 17.0 Å². The number of carbonyl (C=O) groups is 1. The maximum absolute atomic E-state index is 12.1. The number of rotatable bonds is 6. The van der Waals surface area contributed by atoms with Crippen molar-refractivity contribution in [3.8, 4) is 17.6 Å². The van der Waals surface area contributed by atoms with Crippen LogP contribution in [0.4, 0.5) is 0 Å². The normalized spacial score (nSPS) is 11.5. The highest BCUT2D eigenvalue weighted by Gasteiger charge is 2.19. The van der Waals surface area contributed by atoms with Crippen LogP contribution in [0.2, 0.25) is 0 Å². The number of carbonyl (C=O) groups excluding carboxylic acids is 1. The first-order valence-electron chi connectivity index (χ1n) is 7.19. The Morgan fingerprint density at radius 2 is 1.96 bits per heavy atom. The molecule has 0 aliphatic rings. The van der Waals surface area contributed by atoms with Crippen molar-refractivity contribution in [1.82, 2.24) is 5.43 Å². The molecule has 0 spiro atoms. The van der Waals surface area contributed by atoms with E-state index in [2.05, 4.69) is 10.5 Å². The molecule has 0 bridgehead atoms. The first kappa shape index (κ1) is 17.0. The van der Waals surface area contributed by atoms with E-state index in [0.717, 1.165) is 0 Å². The van der Waals surface area contributed by atoms with Crippen LogP contribution in [-0.2, 0) is 4.79 Å². The van der Waals surface area contributed by atoms with Gasteiger partial charge in [0.05, 0.1) is 26.5 Å². The SMILES string of the molecule is COc1ccc(OC)c(/C=N\NC(=O)[C@@H](C#N)c2ccccc2)c1. The van der Waals surface area contributed by atoms with E-state index in [1.165, 1.54) is 6.21 Å². The van der Waals surface area contributed by atoms with Gasteiger partial charge < -0.3 is 9.47 Å². The van der Waals surface area contributed by atoms with Gasteiger partial charge in [0, 0.05) is 5.56 Å². The Bertz CT molecular complexity index is 767. The van der Waals surface area contributed by atoms with Gasteiger partial charge in [-0.1, -0.05) is 30.3 Å². The van der Waals surface area contributed by atoms with Crippen molar-refractivity contribution >= 4 is 12.1 Å². The minimum atomic E-state index is -0.921. The standard InChI is InChI=1S/C18H17N3O3/c1-23-15-8-9-17(24-2)14(10-15)12-20-21-18(22)16(11-19)13-6-4-3-5-7-13/h3-10,12,16H,1-2H3,(H,21,22)/b20-12-/t16-/m0/s1. The minimum absolute atomic E-state index is 0.498. The van der Waals surface area contributed by atoms with Crippen LogP contribution < -0.4 is 14.9 Å². The lowest BCUT2D eigenvalue weighted by molar-refractivity contribution is -0.121. The fourth-order valence-electron chi connectivity index (χ4n) is 2.10. The smallest absolute Gasteiger partial charge is 0.261 e. The molecule has 1 amide bonds. The molecule has 0 aliphatic heterocycles. The van der Waals surface area contributed by atoms with Gasteiger partial charge in [0.25, 0.3) is 5.91 Å². The van der Waals surface area contributed by atoms with Crippen molar-refractivity contribution in [2.24, 2.45) is 5.10 Å². The van der Waals surface area contributed by atoms with Gasteiger partial charge in [-0.25, -0.2) is 5.43 Å². The zero-order chi connectivity index (χ0) is 17.4. The molecule has 0 saturated heterocycles. The number of hydrogen-bond acceptors (Lipinski definition) is 5. The Labute approximate surface area is 140 Å². The maximum atomic E-state index is 12.1. The average molecular weight is 323 g/mol. The lowest BCUT2D eigenvalue weighted by Gasteiger charge is -2.08. The summed E-state index contributed by atoms with van der Waals surface area (Å²) in [6, 6.07) is 16.0. The molecule has 24 heavy (non-hydrogen) atoms. The summed E-state index contributed by atoms with van der Waals surface area (Å²) < 4.78 is 10.4. The molecule has 0 radical (unpaired) electrons. The van der Waals surface area contributed by atoms with Crippen molar-refractivity contribution in [1.29, 1.82) is 5.26 Å². The molecule has 0 saturated carbocycles. The molecule has 0 unspecified atom stereocenters. The Morgan fingerprint density at radius 1 is 1.21 bits per heavy atom. The lowest BCUT2D eigenvalue weighted by atomic mass is 10.0. The van der Waals surface area contributed by atoms with Crippen LogP contribution in [0.5, 0.6) is 11.5 Å². The molecular formula is C18H17N3O3. The molecule has 2 aromatic rings. The fourth-order valence-corrected chi connectivity index (χ4v) is 2.10. The van der Waals surface area contributed by atoms with Gasteiger partial charge in [-0.3, -0.25) is 4.79 Å². The number of ether oxygens (including phenoxy) is 2. The number of hydrazone groups is 1. The third-order valence-electron chi connectivity index (χ3n) is 3.34. The highest BCUT2D eigenvalue weighted by molar-refractivity contribution is 5.89. The van der Waals surface area contributed by atoms with Gasteiger partial charge >= 0.3 is 0 Å². The van der Waals surface area contributed by atoms with Crippen molar-refractivity contribution < 1.29 is 14.3 Å². The van der Waals surface area contributed by atoms with Crippen molar-refractivity contribution in [3.63, 3.8) is 0 Å². The molecule has 0 fully saturated rings. The van der Waals surface area contributed by atoms with Crippen molar-refractivity contribution in [2.45, 2.75) is 5.92 Å². The van der Waals surface area contributed by atoms with E-state index in [-0.39, 0.29) is 0 Å². The number of nitrogens with one attached hydrogen (secondary N) is 1. The summed E-state index contributed by atoms with van der Waals surface area (Å²) in [6.07, 6.45) is 1.44. The Kier molecular flexibility index (Phi) is 5.92. The molecule has 0 aliphatic carbocycles. The van der Waals surface area contributed by atoms with Gasteiger partial charge in [0.1, 0.15) is 11.5 Å². The van der Waals surface area contributed by atoms with Crippen LogP contribution in [0.15, 0.2) is 53.6 Å². The second kappa shape index (κ2) is 8.34. The predicted octanol–water partition coefficient (Wildman–Crippen LogP) is 2.46. The van der Waals surface area contributed by atoms with E-state index in [9.17, 15) is 10.1 Å². The van der Waals surface area contributed by atoms with E-state index >= 15 is 0 Å². The summed E-state index contributed by atoms with van der Waals surface area (Å²) in [6.45, 7) is 0. The summed E-state index contributed by atoms with van der Waals surface area (Å²) >= 11 is 0. The summed E-state index contributed by atoms with van der Waals surface area (Å²) in [5, 5.41) is 13.1. The second-order valence-electron chi connectivity index (χ2n) is 4.81. The van der Waals surface area contributed by atoms with Crippen LogP contribution in [0.3, 0.4) is 0 Å². The highest BCUT2D eigenvalue weighted by atomic mass is 16.5. The molecule has 6 heteroatoms. The van der Waals surface area contributed by atoms with Crippen LogP contribution in [0.25, 0.3) is 0 Å². The maximum Gasteiger partial charge on any atom is 0.261 e. The fraction of sp³-hybridized carbons (Fsp3) is 0.167. The van der Waals surface area contributed by atoms with Crippen LogP contribution >= 0.6 is 0 Å². The zero-order valence-electron chi connectivity index (χ0n) is 13.4. The molecule has 122 valence electrons. The number of amides is 1. The van der Waals surface area contributed by atoms with Gasteiger partial charge in [-0.2, -0.15) is 10.4 Å². The lowest BCUT2D eigenvalue weighted by Crippen LogP contribution is -2.24.